The van der Waals surface area contributed by atoms with E-state index in [1.807, 2.05) is 50.2 Å². The highest BCUT2D eigenvalue weighted by atomic mass is 16.2. The molecule has 0 aliphatic heterocycles. The van der Waals surface area contributed by atoms with Gasteiger partial charge in [-0.25, -0.2) is 0 Å². The van der Waals surface area contributed by atoms with Crippen LogP contribution in [0.4, 0.5) is 22.7 Å². The van der Waals surface area contributed by atoms with Gasteiger partial charge in [-0.1, -0.05) is 18.2 Å². The van der Waals surface area contributed by atoms with Crippen molar-refractivity contribution in [3.63, 3.8) is 0 Å². The molecule has 0 atom stereocenters. The number of hydrogen-bond donors (Lipinski definition) is 3. The minimum absolute atomic E-state index is 0.210. The lowest BCUT2D eigenvalue weighted by Gasteiger charge is -2.14. The van der Waals surface area contributed by atoms with Crippen molar-refractivity contribution in [1.82, 2.24) is 0 Å². The van der Waals surface area contributed by atoms with E-state index in [0.29, 0.717) is 28.2 Å². The van der Waals surface area contributed by atoms with Crippen LogP contribution in [0, 0.1) is 6.92 Å². The van der Waals surface area contributed by atoms with Crippen LogP contribution >= 0.6 is 0 Å². The zero-order valence-electron chi connectivity index (χ0n) is 18.5. The van der Waals surface area contributed by atoms with Gasteiger partial charge in [-0.05, 0) is 61.0 Å². The van der Waals surface area contributed by atoms with E-state index < -0.39 is 0 Å². The van der Waals surface area contributed by atoms with Gasteiger partial charge < -0.3 is 20.9 Å². The first kappa shape index (κ1) is 22.6. The number of aryl methyl sites for hydroxylation is 1. The number of benzene rings is 3. The monoisotopic (exact) mass is 430 g/mol. The van der Waals surface area contributed by atoms with E-state index in [1.54, 1.807) is 42.5 Å². The van der Waals surface area contributed by atoms with Crippen molar-refractivity contribution in [1.29, 1.82) is 0 Å². The third-order valence-electron chi connectivity index (χ3n) is 4.81. The van der Waals surface area contributed by atoms with E-state index >= 15 is 0 Å². The maximum absolute atomic E-state index is 12.7. The molecule has 0 heterocycles. The highest BCUT2D eigenvalue weighted by molar-refractivity contribution is 6.07. The molecule has 3 aromatic carbocycles. The summed E-state index contributed by atoms with van der Waals surface area (Å²) in [7, 11) is 3.83. The standard InChI is InChI=1S/C25H26N4O3/c1-16-11-12-21(27-24(31)19-8-6-10-22(14-19)29(3)4)15-23(16)28-25(32)18-7-5-9-20(13-18)26-17(2)30/h5-15H,1-4H3,(H,26,30)(H,27,31)(H,28,32). The van der Waals surface area contributed by atoms with Crippen molar-refractivity contribution >= 4 is 40.5 Å². The number of nitrogens with one attached hydrogen (secondary N) is 3. The summed E-state index contributed by atoms with van der Waals surface area (Å²) in [5, 5.41) is 8.42. The summed E-state index contributed by atoms with van der Waals surface area (Å²) in [6.07, 6.45) is 0. The van der Waals surface area contributed by atoms with Crippen LogP contribution in [0.5, 0.6) is 0 Å². The molecular weight excluding hydrogens is 404 g/mol. The Kier molecular flexibility index (Phi) is 6.90. The van der Waals surface area contributed by atoms with Crippen molar-refractivity contribution < 1.29 is 14.4 Å². The molecule has 0 radical (unpaired) electrons. The minimum atomic E-state index is -0.317. The number of amides is 3. The highest BCUT2D eigenvalue weighted by Gasteiger charge is 2.12. The maximum Gasteiger partial charge on any atom is 0.255 e. The summed E-state index contributed by atoms with van der Waals surface area (Å²) >= 11 is 0. The summed E-state index contributed by atoms with van der Waals surface area (Å²) in [6, 6.07) is 19.3. The average Bonchev–Trinajstić information content (AvgIpc) is 2.75. The van der Waals surface area contributed by atoms with Crippen LogP contribution in [0.15, 0.2) is 66.7 Å². The zero-order chi connectivity index (χ0) is 23.3. The van der Waals surface area contributed by atoms with Gasteiger partial charge in [0.2, 0.25) is 5.91 Å². The van der Waals surface area contributed by atoms with E-state index in [-0.39, 0.29) is 17.7 Å². The lowest BCUT2D eigenvalue weighted by atomic mass is 10.1. The van der Waals surface area contributed by atoms with Gasteiger partial charge in [-0.2, -0.15) is 0 Å². The Labute approximate surface area is 187 Å². The van der Waals surface area contributed by atoms with E-state index in [2.05, 4.69) is 16.0 Å². The fourth-order valence-corrected chi connectivity index (χ4v) is 3.10. The predicted molar refractivity (Wildman–Crippen MR) is 129 cm³/mol. The van der Waals surface area contributed by atoms with Crippen LogP contribution < -0.4 is 20.9 Å². The van der Waals surface area contributed by atoms with Gasteiger partial charge in [0.05, 0.1) is 0 Å². The maximum atomic E-state index is 12.7. The minimum Gasteiger partial charge on any atom is -0.378 e. The second-order valence-corrected chi connectivity index (χ2v) is 7.64. The topological polar surface area (TPSA) is 90.5 Å². The van der Waals surface area contributed by atoms with E-state index in [1.165, 1.54) is 6.92 Å². The average molecular weight is 431 g/mol. The molecular formula is C25H26N4O3. The van der Waals surface area contributed by atoms with Gasteiger partial charge in [-0.15, -0.1) is 0 Å². The molecule has 0 saturated heterocycles. The summed E-state index contributed by atoms with van der Waals surface area (Å²) in [5.74, 6) is -0.765. The second-order valence-electron chi connectivity index (χ2n) is 7.64. The van der Waals surface area contributed by atoms with Crippen molar-refractivity contribution in [3.8, 4) is 0 Å². The Morgan fingerprint density at radius 2 is 1.34 bits per heavy atom. The molecule has 0 saturated carbocycles. The Morgan fingerprint density at radius 3 is 2.03 bits per heavy atom. The largest absolute Gasteiger partial charge is 0.378 e. The molecule has 164 valence electrons. The second kappa shape index (κ2) is 9.78. The fraction of sp³-hybridized carbons (Fsp3) is 0.160. The first-order valence-corrected chi connectivity index (χ1v) is 10.1. The summed E-state index contributed by atoms with van der Waals surface area (Å²) in [5.41, 5.74) is 4.42. The molecule has 3 rings (SSSR count). The predicted octanol–water partition coefficient (Wildman–Crippen LogP) is 4.52. The van der Waals surface area contributed by atoms with Crippen molar-refractivity contribution in [3.05, 3.63) is 83.4 Å². The Bertz CT molecular complexity index is 1170. The number of hydrogen-bond acceptors (Lipinski definition) is 4. The van der Waals surface area contributed by atoms with Gasteiger partial charge >= 0.3 is 0 Å². The molecule has 7 heteroatoms. The van der Waals surface area contributed by atoms with Gasteiger partial charge in [0.1, 0.15) is 0 Å². The van der Waals surface area contributed by atoms with Crippen molar-refractivity contribution in [2.45, 2.75) is 13.8 Å². The lowest BCUT2D eigenvalue weighted by molar-refractivity contribution is -0.114. The van der Waals surface area contributed by atoms with Crippen LogP contribution in [0.1, 0.15) is 33.2 Å². The van der Waals surface area contributed by atoms with Crippen LogP contribution in [0.25, 0.3) is 0 Å². The first-order valence-electron chi connectivity index (χ1n) is 10.1. The smallest absolute Gasteiger partial charge is 0.255 e. The molecule has 0 unspecified atom stereocenters. The Morgan fingerprint density at radius 1 is 0.719 bits per heavy atom. The van der Waals surface area contributed by atoms with Crippen LogP contribution in [0.2, 0.25) is 0 Å². The number of anilines is 4. The molecule has 0 spiro atoms. The van der Waals surface area contributed by atoms with Gasteiger partial charge in [0.25, 0.3) is 11.8 Å². The molecule has 7 nitrogen and oxygen atoms in total. The van der Waals surface area contributed by atoms with Gasteiger partial charge in [0, 0.05) is 54.9 Å². The summed E-state index contributed by atoms with van der Waals surface area (Å²) < 4.78 is 0. The van der Waals surface area contributed by atoms with E-state index in [9.17, 15) is 14.4 Å². The number of nitrogens with zero attached hydrogens (tertiary/aromatic N) is 1. The van der Waals surface area contributed by atoms with Gasteiger partial charge in [0.15, 0.2) is 0 Å². The van der Waals surface area contributed by atoms with E-state index in [0.717, 1.165) is 11.3 Å². The molecule has 32 heavy (non-hydrogen) atoms. The molecule has 3 aromatic rings. The fourth-order valence-electron chi connectivity index (χ4n) is 3.10. The lowest BCUT2D eigenvalue weighted by Crippen LogP contribution is -2.16. The number of carbonyl (C=O) groups is 3. The molecule has 0 aliphatic rings. The Hall–Kier alpha value is -4.13. The van der Waals surface area contributed by atoms with Crippen molar-refractivity contribution in [2.75, 3.05) is 34.9 Å². The summed E-state index contributed by atoms with van der Waals surface area (Å²) in [4.78, 5) is 38.6. The van der Waals surface area contributed by atoms with Crippen LogP contribution in [-0.2, 0) is 4.79 Å². The van der Waals surface area contributed by atoms with Gasteiger partial charge in [-0.3, -0.25) is 14.4 Å². The molecule has 0 fully saturated rings. The highest BCUT2D eigenvalue weighted by Crippen LogP contribution is 2.23. The molecule has 0 bridgehead atoms. The number of rotatable bonds is 6. The molecule has 0 aromatic heterocycles. The Balaban J connectivity index is 1.76. The summed E-state index contributed by atoms with van der Waals surface area (Å²) in [6.45, 7) is 3.28. The number of carbonyl (C=O) groups excluding carboxylic acids is 3. The molecule has 3 amide bonds. The quantitative estimate of drug-likeness (QED) is 0.536. The third kappa shape index (κ3) is 5.72. The third-order valence-corrected chi connectivity index (χ3v) is 4.81. The zero-order valence-corrected chi connectivity index (χ0v) is 18.5. The van der Waals surface area contributed by atoms with Crippen LogP contribution in [-0.4, -0.2) is 31.8 Å². The molecule has 3 N–H and O–H groups in total. The normalized spacial score (nSPS) is 10.2. The van der Waals surface area contributed by atoms with Crippen LogP contribution in [0.3, 0.4) is 0 Å². The first-order chi connectivity index (χ1) is 15.2. The van der Waals surface area contributed by atoms with E-state index in [4.69, 9.17) is 0 Å². The van der Waals surface area contributed by atoms with Crippen molar-refractivity contribution in [2.24, 2.45) is 0 Å². The molecule has 0 aliphatic carbocycles. The SMILES string of the molecule is CC(=O)Nc1cccc(C(=O)Nc2cc(NC(=O)c3cccc(N(C)C)c3)ccc2C)c1.